The van der Waals surface area contributed by atoms with Crippen molar-refractivity contribution >= 4 is 0 Å². The molecule has 1 aromatic heterocycles. The summed E-state index contributed by atoms with van der Waals surface area (Å²) in [6, 6.07) is 4.63. The molecule has 90 valence electrons. The van der Waals surface area contributed by atoms with Gasteiger partial charge in [-0.05, 0) is 38.3 Å². The molecule has 0 saturated carbocycles. The highest BCUT2D eigenvalue weighted by Crippen LogP contribution is 2.21. The molecule has 16 heavy (non-hydrogen) atoms. The second kappa shape index (κ2) is 5.51. The Hall–Kier alpha value is -0.800. The van der Waals surface area contributed by atoms with Crippen LogP contribution in [0.5, 0.6) is 0 Å². The van der Waals surface area contributed by atoms with Crippen LogP contribution in [0.25, 0.3) is 0 Å². The molecule has 3 atom stereocenters. The summed E-state index contributed by atoms with van der Waals surface area (Å²) < 4.78 is 11.1. The van der Waals surface area contributed by atoms with Crippen LogP contribution < -0.4 is 5.32 Å². The predicted octanol–water partition coefficient (Wildman–Crippen LogP) is 2.89. The molecule has 0 unspecified atom stereocenters. The molecule has 0 amide bonds. The molecule has 3 heteroatoms. The number of nitrogens with one attached hydrogen (secondary N) is 1. The van der Waals surface area contributed by atoms with E-state index in [1.807, 2.05) is 12.1 Å². The average molecular weight is 223 g/mol. The Labute approximate surface area is 97.2 Å². The van der Waals surface area contributed by atoms with E-state index < -0.39 is 0 Å². The minimum atomic E-state index is 0.254. The Kier molecular flexibility index (Phi) is 4.02. The van der Waals surface area contributed by atoms with Gasteiger partial charge < -0.3 is 14.5 Å². The first kappa shape index (κ1) is 11.7. The lowest BCUT2D eigenvalue weighted by Gasteiger charge is -2.25. The molecule has 1 fully saturated rings. The third-order valence-corrected chi connectivity index (χ3v) is 3.29. The zero-order valence-electron chi connectivity index (χ0n) is 10.1. The van der Waals surface area contributed by atoms with Gasteiger partial charge in [0.25, 0.3) is 0 Å². The lowest BCUT2D eigenvalue weighted by atomic mass is 10.0. The second-order valence-electron chi connectivity index (χ2n) is 4.47. The van der Waals surface area contributed by atoms with Gasteiger partial charge in [0.05, 0.1) is 18.4 Å². The maximum Gasteiger partial charge on any atom is 0.120 e. The van der Waals surface area contributed by atoms with Gasteiger partial charge in [-0.15, -0.1) is 0 Å². The van der Waals surface area contributed by atoms with Crippen molar-refractivity contribution in [1.82, 2.24) is 5.32 Å². The van der Waals surface area contributed by atoms with Gasteiger partial charge in [-0.1, -0.05) is 6.92 Å². The van der Waals surface area contributed by atoms with E-state index in [-0.39, 0.29) is 6.04 Å². The maximum atomic E-state index is 5.73. The SMILES string of the molecule is CC[C@H](N[C@H](C)c1ccco1)[C@H]1CCCO1. The molecular weight excluding hydrogens is 202 g/mol. The third-order valence-electron chi connectivity index (χ3n) is 3.29. The van der Waals surface area contributed by atoms with Gasteiger partial charge in [-0.2, -0.15) is 0 Å². The van der Waals surface area contributed by atoms with E-state index in [4.69, 9.17) is 9.15 Å². The van der Waals surface area contributed by atoms with Crippen molar-refractivity contribution < 1.29 is 9.15 Å². The number of hydrogen-bond donors (Lipinski definition) is 1. The van der Waals surface area contributed by atoms with Crippen molar-refractivity contribution in [2.45, 2.75) is 51.3 Å². The van der Waals surface area contributed by atoms with Crippen LogP contribution in [-0.2, 0) is 4.74 Å². The number of furan rings is 1. The third kappa shape index (κ3) is 2.66. The van der Waals surface area contributed by atoms with E-state index in [9.17, 15) is 0 Å². The monoisotopic (exact) mass is 223 g/mol. The molecule has 0 spiro atoms. The van der Waals surface area contributed by atoms with Crippen LogP contribution >= 0.6 is 0 Å². The fourth-order valence-electron chi connectivity index (χ4n) is 2.35. The quantitative estimate of drug-likeness (QED) is 0.833. The highest BCUT2D eigenvalue weighted by molar-refractivity contribution is 5.03. The summed E-state index contributed by atoms with van der Waals surface area (Å²) in [5, 5.41) is 3.59. The Morgan fingerprint density at radius 1 is 1.56 bits per heavy atom. The fraction of sp³-hybridized carbons (Fsp3) is 0.692. The average Bonchev–Trinajstić information content (AvgIpc) is 2.96. The van der Waals surface area contributed by atoms with Crippen molar-refractivity contribution in [3.8, 4) is 0 Å². The molecule has 0 bridgehead atoms. The van der Waals surface area contributed by atoms with Gasteiger partial charge in [0, 0.05) is 12.6 Å². The highest BCUT2D eigenvalue weighted by Gasteiger charge is 2.26. The van der Waals surface area contributed by atoms with Gasteiger partial charge in [-0.3, -0.25) is 0 Å². The Morgan fingerprint density at radius 2 is 2.44 bits per heavy atom. The molecule has 1 aliphatic heterocycles. The first-order valence-electron chi connectivity index (χ1n) is 6.22. The minimum absolute atomic E-state index is 0.254. The largest absolute Gasteiger partial charge is 0.468 e. The van der Waals surface area contributed by atoms with Crippen LogP contribution in [-0.4, -0.2) is 18.8 Å². The Morgan fingerprint density at radius 3 is 3.00 bits per heavy atom. The van der Waals surface area contributed by atoms with E-state index >= 15 is 0 Å². The number of ether oxygens (including phenoxy) is 1. The van der Waals surface area contributed by atoms with Crippen molar-refractivity contribution in [1.29, 1.82) is 0 Å². The summed E-state index contributed by atoms with van der Waals surface area (Å²) in [4.78, 5) is 0. The predicted molar refractivity (Wildman–Crippen MR) is 63.3 cm³/mol. The first-order valence-corrected chi connectivity index (χ1v) is 6.22. The van der Waals surface area contributed by atoms with E-state index in [2.05, 4.69) is 19.2 Å². The fourth-order valence-corrected chi connectivity index (χ4v) is 2.35. The van der Waals surface area contributed by atoms with Crippen LogP contribution in [0.15, 0.2) is 22.8 Å². The maximum absolute atomic E-state index is 5.73. The van der Waals surface area contributed by atoms with Crippen LogP contribution in [0.4, 0.5) is 0 Å². The van der Waals surface area contributed by atoms with Gasteiger partial charge in [0.2, 0.25) is 0 Å². The zero-order valence-corrected chi connectivity index (χ0v) is 10.1. The van der Waals surface area contributed by atoms with Gasteiger partial charge in [0.1, 0.15) is 5.76 Å². The summed E-state index contributed by atoms with van der Waals surface area (Å²) in [6.45, 7) is 5.25. The summed E-state index contributed by atoms with van der Waals surface area (Å²) in [7, 11) is 0. The van der Waals surface area contributed by atoms with Gasteiger partial charge in [0.15, 0.2) is 0 Å². The number of rotatable bonds is 5. The summed E-state index contributed by atoms with van der Waals surface area (Å²) in [6.07, 6.45) is 5.56. The highest BCUT2D eigenvalue weighted by atomic mass is 16.5. The molecule has 0 aliphatic carbocycles. The topological polar surface area (TPSA) is 34.4 Å². The molecule has 0 radical (unpaired) electrons. The molecule has 3 nitrogen and oxygen atoms in total. The van der Waals surface area contributed by atoms with Crippen molar-refractivity contribution in [3.63, 3.8) is 0 Å². The van der Waals surface area contributed by atoms with Crippen LogP contribution in [0.2, 0.25) is 0 Å². The standard InChI is InChI=1S/C13H21NO2/c1-3-11(13-7-5-9-16-13)14-10(2)12-6-4-8-15-12/h4,6,8,10-11,13-14H,3,5,7,9H2,1-2H3/t10-,11+,13-/m1/s1. The van der Waals surface area contributed by atoms with E-state index in [1.54, 1.807) is 6.26 Å². The molecule has 1 saturated heterocycles. The van der Waals surface area contributed by atoms with E-state index in [0.29, 0.717) is 12.1 Å². The Balaban J connectivity index is 1.90. The molecular formula is C13H21NO2. The second-order valence-corrected chi connectivity index (χ2v) is 4.47. The van der Waals surface area contributed by atoms with E-state index in [1.165, 1.54) is 12.8 Å². The van der Waals surface area contributed by atoms with Crippen molar-refractivity contribution in [3.05, 3.63) is 24.2 Å². The molecule has 2 rings (SSSR count). The Bertz CT molecular complexity index is 291. The van der Waals surface area contributed by atoms with Crippen LogP contribution in [0.1, 0.15) is 44.9 Å². The smallest absolute Gasteiger partial charge is 0.120 e. The summed E-state index contributed by atoms with van der Waals surface area (Å²) >= 11 is 0. The van der Waals surface area contributed by atoms with Crippen LogP contribution in [0, 0.1) is 0 Å². The van der Waals surface area contributed by atoms with E-state index in [0.717, 1.165) is 18.8 Å². The van der Waals surface area contributed by atoms with Crippen molar-refractivity contribution in [2.75, 3.05) is 6.61 Å². The molecule has 1 aliphatic rings. The first-order chi connectivity index (χ1) is 7.81. The summed E-state index contributed by atoms with van der Waals surface area (Å²) in [5.41, 5.74) is 0. The van der Waals surface area contributed by atoms with Crippen LogP contribution in [0.3, 0.4) is 0 Å². The molecule has 1 N–H and O–H groups in total. The molecule has 0 aromatic carbocycles. The van der Waals surface area contributed by atoms with Crippen molar-refractivity contribution in [2.24, 2.45) is 0 Å². The van der Waals surface area contributed by atoms with Gasteiger partial charge in [-0.25, -0.2) is 0 Å². The molecule has 1 aromatic rings. The normalized spacial score (nSPS) is 24.5. The number of hydrogen-bond acceptors (Lipinski definition) is 3. The lowest BCUT2D eigenvalue weighted by Crippen LogP contribution is -2.40. The molecule has 2 heterocycles. The zero-order chi connectivity index (χ0) is 11.4. The summed E-state index contributed by atoms with van der Waals surface area (Å²) in [5.74, 6) is 0.997. The van der Waals surface area contributed by atoms with Gasteiger partial charge >= 0.3 is 0 Å². The lowest BCUT2D eigenvalue weighted by molar-refractivity contribution is 0.0725. The minimum Gasteiger partial charge on any atom is -0.468 e.